The second-order valence-corrected chi connectivity index (χ2v) is 9.71. The first-order valence-corrected chi connectivity index (χ1v) is 11.6. The largest absolute Gasteiger partial charge is 0.489 e. The van der Waals surface area contributed by atoms with Gasteiger partial charge in [-0.05, 0) is 80.1 Å². The first kappa shape index (κ1) is 20.9. The Balaban J connectivity index is 1.09. The molecule has 0 radical (unpaired) electrons. The predicted octanol–water partition coefficient (Wildman–Crippen LogP) is 4.56. The van der Waals surface area contributed by atoms with Gasteiger partial charge in [0.2, 0.25) is 0 Å². The van der Waals surface area contributed by atoms with Gasteiger partial charge in [0, 0.05) is 34.7 Å². The molecule has 5 nitrogen and oxygen atoms in total. The Morgan fingerprint density at radius 1 is 1.03 bits per heavy atom. The number of benzene rings is 2. The Kier molecular flexibility index (Phi) is 5.76. The van der Waals surface area contributed by atoms with E-state index in [1.807, 2.05) is 24.3 Å². The van der Waals surface area contributed by atoms with Gasteiger partial charge in [0.25, 0.3) is 5.91 Å². The summed E-state index contributed by atoms with van der Waals surface area (Å²) in [5.41, 5.74) is -0.0414. The molecule has 31 heavy (non-hydrogen) atoms. The van der Waals surface area contributed by atoms with Crippen LogP contribution in [-0.4, -0.2) is 48.2 Å². The van der Waals surface area contributed by atoms with Crippen LogP contribution in [0.4, 0.5) is 0 Å². The van der Waals surface area contributed by atoms with Crippen LogP contribution in [0.25, 0.3) is 0 Å². The van der Waals surface area contributed by atoms with Crippen LogP contribution in [-0.2, 0) is 4.79 Å². The van der Waals surface area contributed by atoms with Crippen LogP contribution in [0, 0.1) is 5.92 Å². The third-order valence-electron chi connectivity index (χ3n) is 6.98. The predicted molar refractivity (Wildman–Crippen MR) is 121 cm³/mol. The van der Waals surface area contributed by atoms with Crippen molar-refractivity contribution in [1.29, 1.82) is 0 Å². The molecule has 7 heteroatoms. The number of amides is 1. The number of nitrogens with one attached hydrogen (secondary N) is 1. The molecule has 0 bridgehead atoms. The number of rotatable bonds is 7. The lowest BCUT2D eigenvalue weighted by Crippen LogP contribution is -2.75. The maximum atomic E-state index is 12.5. The molecule has 3 unspecified atom stereocenters. The monoisotopic (exact) mass is 460 g/mol. The Hall–Kier alpha value is -1.95. The number of hydrogen-bond donors (Lipinski definition) is 1. The quantitative estimate of drug-likeness (QED) is 0.657. The highest BCUT2D eigenvalue weighted by Gasteiger charge is 2.62. The summed E-state index contributed by atoms with van der Waals surface area (Å²) < 4.78 is 11.7. The van der Waals surface area contributed by atoms with Crippen molar-refractivity contribution < 1.29 is 14.3 Å². The highest BCUT2D eigenvalue weighted by Crippen LogP contribution is 2.56. The van der Waals surface area contributed by atoms with Crippen molar-refractivity contribution >= 4 is 29.1 Å². The van der Waals surface area contributed by atoms with Gasteiger partial charge >= 0.3 is 0 Å². The fourth-order valence-corrected chi connectivity index (χ4v) is 5.52. The van der Waals surface area contributed by atoms with Crippen LogP contribution in [0.1, 0.15) is 25.7 Å². The molecule has 1 aliphatic heterocycles. The molecule has 0 spiro atoms. The third kappa shape index (κ3) is 4.36. The van der Waals surface area contributed by atoms with E-state index in [2.05, 4.69) is 10.2 Å². The Morgan fingerprint density at radius 2 is 1.71 bits per heavy atom. The SMILES string of the molecule is O=C(COc1ccc(Cl)cc1)NC12CCC1C(N1CC[C@H](Oc3ccc(Cl)cc3)C1)C2. The van der Waals surface area contributed by atoms with E-state index < -0.39 is 0 Å². The molecule has 3 aliphatic rings. The zero-order valence-electron chi connectivity index (χ0n) is 17.2. The number of fused-ring (bicyclic) bond motifs is 1. The zero-order valence-corrected chi connectivity index (χ0v) is 18.7. The average Bonchev–Trinajstić information content (AvgIpc) is 3.21. The zero-order chi connectivity index (χ0) is 21.4. The minimum Gasteiger partial charge on any atom is -0.489 e. The molecule has 2 saturated carbocycles. The lowest BCUT2D eigenvalue weighted by molar-refractivity contribution is -0.142. The van der Waals surface area contributed by atoms with E-state index in [0.717, 1.165) is 43.1 Å². The normalized spacial score (nSPS) is 29.4. The van der Waals surface area contributed by atoms with Gasteiger partial charge in [-0.1, -0.05) is 23.2 Å². The maximum absolute atomic E-state index is 12.5. The summed E-state index contributed by atoms with van der Waals surface area (Å²) in [6.07, 6.45) is 4.47. The molecule has 1 heterocycles. The molecule has 2 aromatic rings. The fourth-order valence-electron chi connectivity index (χ4n) is 5.27. The van der Waals surface area contributed by atoms with E-state index in [4.69, 9.17) is 32.7 Å². The topological polar surface area (TPSA) is 50.8 Å². The van der Waals surface area contributed by atoms with Gasteiger partial charge < -0.3 is 14.8 Å². The Labute approximate surface area is 192 Å². The molecule has 2 aliphatic carbocycles. The van der Waals surface area contributed by atoms with Crippen molar-refractivity contribution in [3.8, 4) is 11.5 Å². The second kappa shape index (κ2) is 8.53. The number of carbonyl (C=O) groups is 1. The van der Waals surface area contributed by atoms with Crippen molar-refractivity contribution in [3.05, 3.63) is 58.6 Å². The summed E-state index contributed by atoms with van der Waals surface area (Å²) in [4.78, 5) is 15.0. The number of halogens is 2. The van der Waals surface area contributed by atoms with E-state index in [0.29, 0.717) is 22.7 Å². The summed E-state index contributed by atoms with van der Waals surface area (Å²) in [7, 11) is 0. The number of likely N-dealkylation sites (tertiary alicyclic amines) is 1. The van der Waals surface area contributed by atoms with Crippen molar-refractivity contribution in [2.75, 3.05) is 19.7 Å². The van der Waals surface area contributed by atoms with E-state index in [9.17, 15) is 4.79 Å². The molecule has 4 atom stereocenters. The van der Waals surface area contributed by atoms with E-state index >= 15 is 0 Å². The fraction of sp³-hybridized carbons (Fsp3) is 0.458. The van der Waals surface area contributed by atoms with Gasteiger partial charge in [0.15, 0.2) is 6.61 Å². The lowest BCUT2D eigenvalue weighted by atomic mass is 9.50. The molecule has 164 valence electrons. The number of ether oxygens (including phenoxy) is 2. The Bertz CT molecular complexity index is 937. The van der Waals surface area contributed by atoms with Gasteiger partial charge in [-0.25, -0.2) is 0 Å². The van der Waals surface area contributed by atoms with Gasteiger partial charge in [-0.3, -0.25) is 9.69 Å². The molecular weight excluding hydrogens is 435 g/mol. The van der Waals surface area contributed by atoms with E-state index in [1.165, 1.54) is 6.42 Å². The first-order chi connectivity index (χ1) is 15.0. The van der Waals surface area contributed by atoms with Crippen molar-refractivity contribution in [2.24, 2.45) is 5.92 Å². The van der Waals surface area contributed by atoms with Gasteiger partial charge in [0.05, 0.1) is 0 Å². The average molecular weight is 461 g/mol. The number of carbonyl (C=O) groups excluding carboxylic acids is 1. The smallest absolute Gasteiger partial charge is 0.258 e. The molecule has 1 N–H and O–H groups in total. The minimum atomic E-state index is -0.0523. The summed E-state index contributed by atoms with van der Waals surface area (Å²) >= 11 is 11.8. The van der Waals surface area contributed by atoms with Gasteiger partial charge in [-0.15, -0.1) is 0 Å². The molecule has 1 saturated heterocycles. The maximum Gasteiger partial charge on any atom is 0.258 e. The molecular formula is C24H26Cl2N2O3. The van der Waals surface area contributed by atoms with Crippen molar-refractivity contribution in [2.45, 2.75) is 43.4 Å². The summed E-state index contributed by atoms with van der Waals surface area (Å²) in [5, 5.41) is 4.63. The molecule has 2 aromatic carbocycles. The number of hydrogen-bond acceptors (Lipinski definition) is 4. The highest BCUT2D eigenvalue weighted by molar-refractivity contribution is 6.30. The highest BCUT2D eigenvalue weighted by atomic mass is 35.5. The standard InChI is InChI=1S/C24H26Cl2N2O3/c25-16-1-5-18(6-2-16)30-15-23(29)27-24-11-9-21(24)22(13-24)28-12-10-20(14-28)31-19-7-3-17(26)4-8-19/h1-8,20-22H,9-15H2,(H,27,29)/t20-,21?,22?,24?/m0/s1. The van der Waals surface area contributed by atoms with Crippen LogP contribution < -0.4 is 14.8 Å². The van der Waals surface area contributed by atoms with Crippen LogP contribution in [0.3, 0.4) is 0 Å². The van der Waals surface area contributed by atoms with Crippen molar-refractivity contribution in [1.82, 2.24) is 10.2 Å². The lowest BCUT2D eigenvalue weighted by Gasteiger charge is -2.65. The Morgan fingerprint density at radius 3 is 2.32 bits per heavy atom. The summed E-state index contributed by atoms with van der Waals surface area (Å²) in [5.74, 6) is 2.00. The van der Waals surface area contributed by atoms with Crippen LogP contribution in [0.15, 0.2) is 48.5 Å². The third-order valence-corrected chi connectivity index (χ3v) is 7.49. The summed E-state index contributed by atoms with van der Waals surface area (Å²) in [6, 6.07) is 15.2. The van der Waals surface area contributed by atoms with Crippen LogP contribution in [0.2, 0.25) is 10.0 Å². The summed E-state index contributed by atoms with van der Waals surface area (Å²) in [6.45, 7) is 2.01. The van der Waals surface area contributed by atoms with Crippen LogP contribution >= 0.6 is 23.2 Å². The van der Waals surface area contributed by atoms with Crippen molar-refractivity contribution in [3.63, 3.8) is 0 Å². The van der Waals surface area contributed by atoms with Gasteiger partial charge in [0.1, 0.15) is 17.6 Å². The van der Waals surface area contributed by atoms with E-state index in [-0.39, 0.29) is 24.2 Å². The number of nitrogens with zero attached hydrogens (tertiary/aromatic N) is 1. The van der Waals surface area contributed by atoms with E-state index in [1.54, 1.807) is 24.3 Å². The molecule has 3 fully saturated rings. The first-order valence-electron chi connectivity index (χ1n) is 10.9. The second-order valence-electron chi connectivity index (χ2n) is 8.84. The van der Waals surface area contributed by atoms with Gasteiger partial charge in [-0.2, -0.15) is 0 Å². The molecule has 1 amide bonds. The van der Waals surface area contributed by atoms with Crippen LogP contribution in [0.5, 0.6) is 11.5 Å². The molecule has 5 rings (SSSR count). The molecule has 0 aromatic heterocycles. The minimum absolute atomic E-state index is 0.0293.